The van der Waals surface area contributed by atoms with Gasteiger partial charge in [0.2, 0.25) is 0 Å². The van der Waals surface area contributed by atoms with E-state index in [0.29, 0.717) is 0 Å². The van der Waals surface area contributed by atoms with E-state index in [1.807, 2.05) is 47.6 Å². The summed E-state index contributed by atoms with van der Waals surface area (Å²) in [5, 5.41) is 0. The molecular formula is C21H28N2O2. The second-order valence-electron chi connectivity index (χ2n) is 6.05. The number of hydrogen-bond donors (Lipinski definition) is 0. The van der Waals surface area contributed by atoms with E-state index in [1.54, 1.807) is 30.5 Å². The van der Waals surface area contributed by atoms with Crippen molar-refractivity contribution >= 4 is 11.6 Å². The van der Waals surface area contributed by atoms with Crippen LogP contribution >= 0.6 is 0 Å². The molecule has 0 aliphatic carbocycles. The molecule has 1 heterocycles. The maximum Gasteiger partial charge on any atom is 0.254 e. The van der Waals surface area contributed by atoms with Gasteiger partial charge in [0, 0.05) is 30.5 Å². The van der Waals surface area contributed by atoms with Crippen molar-refractivity contribution < 1.29 is 9.53 Å². The zero-order valence-corrected chi connectivity index (χ0v) is 15.2. The lowest BCUT2D eigenvalue weighted by Crippen LogP contribution is -2.23. The van der Waals surface area contributed by atoms with Crippen LogP contribution in [-0.4, -0.2) is 17.9 Å². The van der Waals surface area contributed by atoms with Crippen molar-refractivity contribution in [2.45, 2.75) is 45.4 Å². The van der Waals surface area contributed by atoms with E-state index in [2.05, 4.69) is 6.92 Å². The number of carbonyl (C=O) groups excluding carboxylic acids is 1. The largest absolute Gasteiger partial charge is 0.497 e. The van der Waals surface area contributed by atoms with Gasteiger partial charge in [0.05, 0.1) is 7.11 Å². The lowest BCUT2D eigenvalue weighted by atomic mass is 10.1. The molecule has 1 aliphatic heterocycles. The Labute approximate surface area is 151 Å². The lowest BCUT2D eigenvalue weighted by Gasteiger charge is -2.23. The van der Waals surface area contributed by atoms with Gasteiger partial charge in [-0.25, -0.2) is 0 Å². The van der Waals surface area contributed by atoms with E-state index in [-0.39, 0.29) is 5.91 Å². The van der Waals surface area contributed by atoms with Crippen LogP contribution in [0.5, 0.6) is 5.75 Å². The fourth-order valence-corrected chi connectivity index (χ4v) is 2.60. The predicted molar refractivity (Wildman–Crippen MR) is 103 cm³/mol. The number of nitrogens with zero attached hydrogens (tertiary/aromatic N) is 2. The van der Waals surface area contributed by atoms with Crippen molar-refractivity contribution in [2.24, 2.45) is 0 Å². The highest BCUT2D eigenvalue weighted by Gasteiger charge is 2.10. The normalized spacial score (nSPS) is 13.7. The highest BCUT2D eigenvalue weighted by atomic mass is 16.5. The Balaban J connectivity index is 1.77. The summed E-state index contributed by atoms with van der Waals surface area (Å²) in [6.07, 6.45) is 18.2. The Kier molecular flexibility index (Phi) is 7.83. The molecule has 4 heteroatoms. The van der Waals surface area contributed by atoms with Gasteiger partial charge in [-0.3, -0.25) is 9.69 Å². The van der Waals surface area contributed by atoms with Crippen molar-refractivity contribution in [1.82, 2.24) is 4.90 Å². The number of allylic oxidation sites excluding steroid dienone is 1. The van der Waals surface area contributed by atoms with Crippen LogP contribution in [0, 0.1) is 0 Å². The second-order valence-corrected chi connectivity index (χ2v) is 6.05. The van der Waals surface area contributed by atoms with Crippen molar-refractivity contribution in [3.63, 3.8) is 0 Å². The van der Waals surface area contributed by atoms with Gasteiger partial charge in [0.15, 0.2) is 0 Å². The molecule has 1 amide bonds. The molecular weight excluding hydrogens is 312 g/mol. The van der Waals surface area contributed by atoms with E-state index in [4.69, 9.17) is 4.74 Å². The lowest BCUT2D eigenvalue weighted by molar-refractivity contribution is -0.121. The summed E-state index contributed by atoms with van der Waals surface area (Å²) in [6.45, 7) is 2.22. The van der Waals surface area contributed by atoms with Gasteiger partial charge in [0.25, 0.3) is 5.91 Å². The van der Waals surface area contributed by atoms with Gasteiger partial charge in [-0.2, -0.15) is 0 Å². The fourth-order valence-electron chi connectivity index (χ4n) is 2.60. The third kappa shape index (κ3) is 6.14. The number of unbranched alkanes of at least 4 members (excludes halogenated alkanes) is 5. The quantitative estimate of drug-likeness (QED) is 0.457. The Morgan fingerprint density at radius 1 is 1.00 bits per heavy atom. The molecule has 0 radical (unpaired) electrons. The summed E-state index contributed by atoms with van der Waals surface area (Å²) < 4.78 is 5.16. The molecule has 1 aromatic rings. The van der Waals surface area contributed by atoms with E-state index in [9.17, 15) is 4.79 Å². The smallest absolute Gasteiger partial charge is 0.254 e. The summed E-state index contributed by atoms with van der Waals surface area (Å²) in [5.41, 5.74) is 1.02. The van der Waals surface area contributed by atoms with Crippen molar-refractivity contribution in [1.29, 1.82) is 0 Å². The molecule has 1 aromatic carbocycles. The minimum Gasteiger partial charge on any atom is -0.497 e. The van der Waals surface area contributed by atoms with E-state index < -0.39 is 0 Å². The van der Waals surface area contributed by atoms with Crippen LogP contribution in [0.15, 0.2) is 61.2 Å². The maximum atomic E-state index is 12.2. The Morgan fingerprint density at radius 2 is 1.68 bits per heavy atom. The van der Waals surface area contributed by atoms with Crippen LogP contribution in [0.3, 0.4) is 0 Å². The standard InChI is InChI=1S/C21H28N2O2/c1-3-4-5-6-7-8-9-10-21(24)23-17-15-22(16-18-23)19-11-13-20(25-2)14-12-19/h9-18H,3-8H2,1-2H3/b10-9+. The maximum absolute atomic E-state index is 12.2. The zero-order valence-electron chi connectivity index (χ0n) is 15.2. The molecule has 0 saturated heterocycles. The van der Waals surface area contributed by atoms with Gasteiger partial charge in [-0.1, -0.05) is 38.7 Å². The molecule has 0 N–H and O–H groups in total. The molecule has 4 nitrogen and oxygen atoms in total. The molecule has 2 rings (SSSR count). The summed E-state index contributed by atoms with van der Waals surface area (Å²) >= 11 is 0. The summed E-state index contributed by atoms with van der Waals surface area (Å²) in [6, 6.07) is 7.78. The summed E-state index contributed by atoms with van der Waals surface area (Å²) in [7, 11) is 1.65. The van der Waals surface area contributed by atoms with Gasteiger partial charge in [-0.05, 0) is 43.2 Å². The number of benzene rings is 1. The van der Waals surface area contributed by atoms with Crippen LogP contribution in [-0.2, 0) is 4.79 Å². The Hall–Kier alpha value is -2.49. The first kappa shape index (κ1) is 18.8. The number of methoxy groups -OCH3 is 1. The number of anilines is 1. The highest BCUT2D eigenvalue weighted by molar-refractivity contribution is 5.89. The summed E-state index contributed by atoms with van der Waals surface area (Å²) in [4.78, 5) is 15.7. The molecule has 0 atom stereocenters. The molecule has 0 spiro atoms. The minimum atomic E-state index is -0.0181. The first-order chi connectivity index (χ1) is 12.2. The molecule has 25 heavy (non-hydrogen) atoms. The predicted octanol–water partition coefficient (Wildman–Crippen LogP) is 5.20. The highest BCUT2D eigenvalue weighted by Crippen LogP contribution is 2.21. The number of ether oxygens (including phenoxy) is 1. The molecule has 0 saturated carbocycles. The SMILES string of the molecule is CCCCCCC/C=C/C(=O)N1C=CN(c2ccc(OC)cc2)C=C1. The third-order valence-corrected chi connectivity index (χ3v) is 4.14. The Bertz CT molecular complexity index is 603. The average Bonchev–Trinajstić information content (AvgIpc) is 2.67. The molecule has 0 unspecified atom stereocenters. The second kappa shape index (κ2) is 10.4. The first-order valence-corrected chi connectivity index (χ1v) is 9.02. The number of amides is 1. The average molecular weight is 340 g/mol. The van der Waals surface area contributed by atoms with Gasteiger partial charge in [-0.15, -0.1) is 0 Å². The topological polar surface area (TPSA) is 32.8 Å². The summed E-state index contributed by atoms with van der Waals surface area (Å²) in [5.74, 6) is 0.806. The van der Waals surface area contributed by atoms with Crippen LogP contribution < -0.4 is 9.64 Å². The molecule has 0 aromatic heterocycles. The van der Waals surface area contributed by atoms with E-state index in [1.165, 1.54) is 25.7 Å². The zero-order chi connectivity index (χ0) is 17.9. The molecule has 1 aliphatic rings. The van der Waals surface area contributed by atoms with E-state index in [0.717, 1.165) is 24.3 Å². The van der Waals surface area contributed by atoms with Crippen molar-refractivity contribution in [2.75, 3.05) is 12.0 Å². The fraction of sp³-hybridized carbons (Fsp3) is 0.381. The molecule has 0 bridgehead atoms. The van der Waals surface area contributed by atoms with Crippen LogP contribution in [0.2, 0.25) is 0 Å². The third-order valence-electron chi connectivity index (χ3n) is 4.14. The van der Waals surface area contributed by atoms with Crippen LogP contribution in [0.1, 0.15) is 45.4 Å². The van der Waals surface area contributed by atoms with Crippen LogP contribution in [0.4, 0.5) is 5.69 Å². The first-order valence-electron chi connectivity index (χ1n) is 9.02. The van der Waals surface area contributed by atoms with Gasteiger partial charge < -0.3 is 9.64 Å². The van der Waals surface area contributed by atoms with Crippen molar-refractivity contribution in [3.8, 4) is 5.75 Å². The van der Waals surface area contributed by atoms with E-state index >= 15 is 0 Å². The molecule has 134 valence electrons. The minimum absolute atomic E-state index is 0.0181. The number of hydrogen-bond acceptors (Lipinski definition) is 3. The van der Waals surface area contributed by atoms with Gasteiger partial charge >= 0.3 is 0 Å². The number of carbonyl (C=O) groups is 1. The van der Waals surface area contributed by atoms with Gasteiger partial charge in [0.1, 0.15) is 5.75 Å². The Morgan fingerprint density at radius 3 is 2.32 bits per heavy atom. The monoisotopic (exact) mass is 340 g/mol. The van der Waals surface area contributed by atoms with Crippen LogP contribution in [0.25, 0.3) is 0 Å². The molecule has 0 fully saturated rings. The van der Waals surface area contributed by atoms with Crippen molar-refractivity contribution in [3.05, 3.63) is 61.2 Å². The number of rotatable bonds is 9.